The van der Waals surface area contributed by atoms with Crippen molar-refractivity contribution >= 4 is 39.1 Å². The number of carbonyl (C=O) groups excluding carboxylic acids is 2. The smallest absolute Gasteiger partial charge is 0.264 e. The fourth-order valence-corrected chi connectivity index (χ4v) is 5.34. The summed E-state index contributed by atoms with van der Waals surface area (Å²) in [5, 5.41) is 3.34. The topological polar surface area (TPSA) is 86.8 Å². The molecule has 1 atom stereocenters. The summed E-state index contributed by atoms with van der Waals surface area (Å²) in [5.41, 5.74) is 0.464. The van der Waals surface area contributed by atoms with E-state index < -0.39 is 34.1 Å². The van der Waals surface area contributed by atoms with Crippen molar-refractivity contribution in [3.05, 3.63) is 95.5 Å². The number of rotatable bonds is 9. The van der Waals surface area contributed by atoms with E-state index in [9.17, 15) is 18.0 Å². The average molecular weight is 542 g/mol. The molecule has 9 heteroatoms. The SMILES string of the molecule is C[C@@H](C(=O)NC(C)(C)C)N(Cc1ccccc1Cl)C(=O)CN(c1ccccc1)S(=O)(=O)c1ccccc1. The first-order chi connectivity index (χ1) is 17.4. The van der Waals surface area contributed by atoms with Crippen LogP contribution in [-0.2, 0) is 26.2 Å². The number of hydrogen-bond donors (Lipinski definition) is 1. The van der Waals surface area contributed by atoms with Gasteiger partial charge in [0.2, 0.25) is 11.8 Å². The number of carbonyl (C=O) groups is 2. The van der Waals surface area contributed by atoms with Gasteiger partial charge in [0.1, 0.15) is 12.6 Å². The highest BCUT2D eigenvalue weighted by atomic mass is 35.5. The standard InChI is InChI=1S/C28H32ClN3O4S/c1-21(27(34)30-28(2,3)4)31(19-22-13-11-12-18-25(22)29)26(33)20-32(23-14-7-5-8-15-23)37(35,36)24-16-9-6-10-17-24/h5-18,21H,19-20H2,1-4H3,(H,30,34)/t21-/m0/s1. The van der Waals surface area contributed by atoms with Gasteiger partial charge in [-0.1, -0.05) is 66.2 Å². The molecule has 0 radical (unpaired) electrons. The average Bonchev–Trinajstić information content (AvgIpc) is 2.86. The summed E-state index contributed by atoms with van der Waals surface area (Å²) >= 11 is 6.37. The van der Waals surface area contributed by atoms with Crippen molar-refractivity contribution in [1.82, 2.24) is 10.2 Å². The molecule has 196 valence electrons. The molecule has 0 fully saturated rings. The van der Waals surface area contributed by atoms with E-state index in [0.29, 0.717) is 16.3 Å². The highest BCUT2D eigenvalue weighted by molar-refractivity contribution is 7.92. The molecule has 0 aliphatic heterocycles. The van der Waals surface area contributed by atoms with Crippen LogP contribution in [0, 0.1) is 0 Å². The zero-order valence-electron chi connectivity index (χ0n) is 21.4. The zero-order valence-corrected chi connectivity index (χ0v) is 23.0. The van der Waals surface area contributed by atoms with Gasteiger partial charge in [-0.25, -0.2) is 8.42 Å². The Kier molecular flexibility index (Phi) is 8.99. The summed E-state index contributed by atoms with van der Waals surface area (Å²) in [4.78, 5) is 28.3. The van der Waals surface area contributed by atoms with Gasteiger partial charge in [-0.15, -0.1) is 0 Å². The third-order valence-electron chi connectivity index (χ3n) is 5.62. The summed E-state index contributed by atoms with van der Waals surface area (Å²) < 4.78 is 28.4. The molecule has 0 bridgehead atoms. The van der Waals surface area contributed by atoms with Crippen molar-refractivity contribution < 1.29 is 18.0 Å². The molecule has 0 heterocycles. The maximum absolute atomic E-state index is 13.8. The minimum atomic E-state index is -4.08. The van der Waals surface area contributed by atoms with Gasteiger partial charge in [0.25, 0.3) is 10.0 Å². The van der Waals surface area contributed by atoms with Crippen LogP contribution in [0.1, 0.15) is 33.3 Å². The van der Waals surface area contributed by atoms with Crippen LogP contribution < -0.4 is 9.62 Å². The molecule has 7 nitrogen and oxygen atoms in total. The molecule has 2 amide bonds. The minimum absolute atomic E-state index is 0.0330. The molecule has 3 rings (SSSR count). The molecule has 0 unspecified atom stereocenters. The first-order valence-corrected chi connectivity index (χ1v) is 13.7. The van der Waals surface area contributed by atoms with E-state index in [0.717, 1.165) is 4.31 Å². The number of sulfonamides is 1. The Morgan fingerprint density at radius 1 is 0.892 bits per heavy atom. The molecule has 0 saturated heterocycles. The lowest BCUT2D eigenvalue weighted by Gasteiger charge is -2.33. The molecule has 3 aromatic rings. The van der Waals surface area contributed by atoms with Crippen LogP contribution in [0.4, 0.5) is 5.69 Å². The van der Waals surface area contributed by atoms with E-state index in [1.807, 2.05) is 20.8 Å². The maximum Gasteiger partial charge on any atom is 0.264 e. The van der Waals surface area contributed by atoms with E-state index in [2.05, 4.69) is 5.32 Å². The van der Waals surface area contributed by atoms with E-state index in [4.69, 9.17) is 11.6 Å². The van der Waals surface area contributed by atoms with Crippen LogP contribution >= 0.6 is 11.6 Å². The Morgan fingerprint density at radius 2 is 1.43 bits per heavy atom. The van der Waals surface area contributed by atoms with Crippen molar-refractivity contribution in [2.24, 2.45) is 0 Å². The van der Waals surface area contributed by atoms with Crippen molar-refractivity contribution in [1.29, 1.82) is 0 Å². The summed E-state index contributed by atoms with van der Waals surface area (Å²) in [6, 6.07) is 22.5. The second-order valence-electron chi connectivity index (χ2n) is 9.69. The number of nitrogens with one attached hydrogen (secondary N) is 1. The molecule has 3 aromatic carbocycles. The van der Waals surface area contributed by atoms with E-state index >= 15 is 0 Å². The fraction of sp³-hybridized carbons (Fsp3) is 0.286. The van der Waals surface area contributed by atoms with Crippen molar-refractivity contribution in [2.45, 2.75) is 50.7 Å². The van der Waals surface area contributed by atoms with E-state index in [-0.39, 0.29) is 17.3 Å². The minimum Gasteiger partial charge on any atom is -0.350 e. The largest absolute Gasteiger partial charge is 0.350 e. The quantitative estimate of drug-likeness (QED) is 0.419. The van der Waals surface area contributed by atoms with Gasteiger partial charge in [-0.05, 0) is 63.6 Å². The molecule has 0 spiro atoms. The molecular formula is C28H32ClN3O4S. The second-order valence-corrected chi connectivity index (χ2v) is 12.0. The van der Waals surface area contributed by atoms with Crippen LogP contribution in [0.2, 0.25) is 5.02 Å². The van der Waals surface area contributed by atoms with Gasteiger partial charge in [0.05, 0.1) is 10.6 Å². The Labute approximate surface area is 224 Å². The second kappa shape index (κ2) is 11.8. The van der Waals surface area contributed by atoms with Crippen LogP contribution in [0.25, 0.3) is 0 Å². The lowest BCUT2D eigenvalue weighted by molar-refractivity contribution is -0.140. The third kappa shape index (κ3) is 7.33. The highest BCUT2D eigenvalue weighted by Gasteiger charge is 2.33. The van der Waals surface area contributed by atoms with E-state index in [1.165, 1.54) is 17.0 Å². The first kappa shape index (κ1) is 28.2. The number of nitrogens with zero attached hydrogens (tertiary/aromatic N) is 2. The molecule has 0 aliphatic carbocycles. The Bertz CT molecular complexity index is 1330. The summed E-state index contributed by atoms with van der Waals surface area (Å²) in [6.07, 6.45) is 0. The fourth-order valence-electron chi connectivity index (χ4n) is 3.71. The number of halogens is 1. The lowest BCUT2D eigenvalue weighted by atomic mass is 10.1. The van der Waals surface area contributed by atoms with Crippen LogP contribution in [-0.4, -0.2) is 43.3 Å². The number of para-hydroxylation sites is 1. The van der Waals surface area contributed by atoms with Gasteiger partial charge in [0, 0.05) is 17.1 Å². The van der Waals surface area contributed by atoms with Gasteiger partial charge >= 0.3 is 0 Å². The van der Waals surface area contributed by atoms with Gasteiger partial charge in [-0.2, -0.15) is 0 Å². The van der Waals surface area contributed by atoms with Gasteiger partial charge in [0.15, 0.2) is 0 Å². The summed E-state index contributed by atoms with van der Waals surface area (Å²) in [6.45, 7) is 6.70. The normalized spacial score (nSPS) is 12.5. The number of benzene rings is 3. The lowest BCUT2D eigenvalue weighted by Crippen LogP contribution is -2.54. The Morgan fingerprint density at radius 3 is 2.00 bits per heavy atom. The van der Waals surface area contributed by atoms with Crippen molar-refractivity contribution in [3.8, 4) is 0 Å². The van der Waals surface area contributed by atoms with Crippen LogP contribution in [0.5, 0.6) is 0 Å². The molecule has 0 saturated carbocycles. The van der Waals surface area contributed by atoms with E-state index in [1.54, 1.807) is 79.7 Å². The number of amides is 2. The van der Waals surface area contributed by atoms with Crippen molar-refractivity contribution in [2.75, 3.05) is 10.8 Å². The zero-order chi connectivity index (χ0) is 27.2. The highest BCUT2D eigenvalue weighted by Crippen LogP contribution is 2.25. The maximum atomic E-state index is 13.8. The molecule has 0 aliphatic rings. The summed E-state index contributed by atoms with van der Waals surface area (Å²) in [5.74, 6) is -0.898. The Hall–Kier alpha value is -3.36. The Balaban J connectivity index is 2.01. The molecule has 37 heavy (non-hydrogen) atoms. The monoisotopic (exact) mass is 541 g/mol. The summed E-state index contributed by atoms with van der Waals surface area (Å²) in [7, 11) is -4.08. The van der Waals surface area contributed by atoms with Crippen LogP contribution in [0.15, 0.2) is 89.8 Å². The third-order valence-corrected chi connectivity index (χ3v) is 7.78. The number of anilines is 1. The van der Waals surface area contributed by atoms with Gasteiger partial charge in [-0.3, -0.25) is 13.9 Å². The predicted octanol–water partition coefficient (Wildman–Crippen LogP) is 4.87. The molecular weight excluding hydrogens is 510 g/mol. The first-order valence-electron chi connectivity index (χ1n) is 11.9. The van der Waals surface area contributed by atoms with Crippen LogP contribution in [0.3, 0.4) is 0 Å². The van der Waals surface area contributed by atoms with Crippen molar-refractivity contribution in [3.63, 3.8) is 0 Å². The molecule has 1 N–H and O–H groups in total. The molecule has 0 aromatic heterocycles. The van der Waals surface area contributed by atoms with Gasteiger partial charge < -0.3 is 10.2 Å². The number of hydrogen-bond acceptors (Lipinski definition) is 4. The predicted molar refractivity (Wildman–Crippen MR) is 147 cm³/mol.